The normalized spacial score (nSPS) is 20.9. The Morgan fingerprint density at radius 3 is 1.63 bits per heavy atom. The summed E-state index contributed by atoms with van der Waals surface area (Å²) in [4.78, 5) is 36.7. The molecule has 324 valence electrons. The van der Waals surface area contributed by atoms with Crippen molar-refractivity contribution in [1.82, 2.24) is 0 Å². The molecule has 0 amide bonds. The second kappa shape index (κ2) is 35.8. The first-order valence-corrected chi connectivity index (χ1v) is 21.5. The van der Waals surface area contributed by atoms with E-state index < -0.39 is 61.3 Å². The molecule has 11 heteroatoms. The minimum Gasteiger partial charge on any atom is -0.479 e. The Bertz CT molecular complexity index is 1220. The van der Waals surface area contributed by atoms with E-state index in [0.717, 1.165) is 70.6 Å². The number of allylic oxidation sites excluding steroid dienone is 12. The van der Waals surface area contributed by atoms with Gasteiger partial charge in [0.05, 0.1) is 6.61 Å². The molecule has 0 spiro atoms. The fraction of sp³-hybridized carbons (Fsp3) is 0.674. The molecule has 0 bridgehead atoms. The van der Waals surface area contributed by atoms with Crippen molar-refractivity contribution >= 4 is 17.9 Å². The van der Waals surface area contributed by atoms with Gasteiger partial charge < -0.3 is 39.4 Å². The highest BCUT2D eigenvalue weighted by atomic mass is 16.7. The number of ether oxygens (including phenoxy) is 4. The topological polar surface area (TPSA) is 169 Å². The van der Waals surface area contributed by atoms with Crippen molar-refractivity contribution in [3.63, 3.8) is 0 Å². The summed E-state index contributed by atoms with van der Waals surface area (Å²) >= 11 is 0. The summed E-state index contributed by atoms with van der Waals surface area (Å²) in [5.41, 5.74) is 0. The highest BCUT2D eigenvalue weighted by Gasteiger charge is 2.47. The number of carboxylic acid groups (broad SMARTS) is 1. The van der Waals surface area contributed by atoms with E-state index in [1.54, 1.807) is 0 Å². The van der Waals surface area contributed by atoms with Crippen LogP contribution in [0, 0.1) is 0 Å². The Morgan fingerprint density at radius 1 is 0.561 bits per heavy atom. The molecule has 0 saturated carbocycles. The summed E-state index contributed by atoms with van der Waals surface area (Å²) in [5, 5.41) is 39.8. The van der Waals surface area contributed by atoms with Gasteiger partial charge in [-0.25, -0.2) is 4.79 Å². The Labute approximate surface area is 342 Å². The third-order valence-corrected chi connectivity index (χ3v) is 9.29. The zero-order valence-electron chi connectivity index (χ0n) is 34.8. The number of hydrogen-bond donors (Lipinski definition) is 4. The molecule has 0 aliphatic carbocycles. The van der Waals surface area contributed by atoms with E-state index in [0.29, 0.717) is 19.3 Å². The van der Waals surface area contributed by atoms with Gasteiger partial charge in [0.2, 0.25) is 0 Å². The number of aliphatic carboxylic acids is 1. The molecule has 57 heavy (non-hydrogen) atoms. The first-order chi connectivity index (χ1) is 27.7. The van der Waals surface area contributed by atoms with Crippen LogP contribution in [-0.4, -0.2) is 88.4 Å². The number of carboxylic acids is 1. The second-order valence-electron chi connectivity index (χ2n) is 14.4. The highest BCUT2D eigenvalue weighted by molar-refractivity contribution is 5.73. The fourth-order valence-corrected chi connectivity index (χ4v) is 5.91. The summed E-state index contributed by atoms with van der Waals surface area (Å²) in [7, 11) is 0. The highest BCUT2D eigenvalue weighted by Crippen LogP contribution is 2.23. The monoisotopic (exact) mass is 803 g/mol. The number of hydrogen-bond acceptors (Lipinski definition) is 10. The molecule has 6 atom stereocenters. The molecular weight excluding hydrogens is 728 g/mol. The molecule has 11 nitrogen and oxygen atoms in total. The lowest BCUT2D eigenvalue weighted by molar-refractivity contribution is -0.298. The third-order valence-electron chi connectivity index (χ3n) is 9.29. The van der Waals surface area contributed by atoms with Gasteiger partial charge in [0.15, 0.2) is 18.5 Å². The van der Waals surface area contributed by atoms with Crippen LogP contribution >= 0.6 is 0 Å². The number of aliphatic hydroxyl groups excluding tert-OH is 3. The van der Waals surface area contributed by atoms with Crippen molar-refractivity contribution in [2.45, 2.75) is 185 Å². The molecule has 0 aromatic rings. The second-order valence-corrected chi connectivity index (χ2v) is 14.4. The van der Waals surface area contributed by atoms with Crippen LogP contribution in [0.15, 0.2) is 72.9 Å². The average molecular weight is 803 g/mol. The van der Waals surface area contributed by atoms with Gasteiger partial charge in [-0.1, -0.05) is 132 Å². The zero-order valence-corrected chi connectivity index (χ0v) is 34.8. The molecule has 1 aliphatic heterocycles. The van der Waals surface area contributed by atoms with Gasteiger partial charge in [0.25, 0.3) is 0 Å². The van der Waals surface area contributed by atoms with E-state index in [9.17, 15) is 34.8 Å². The lowest BCUT2D eigenvalue weighted by Crippen LogP contribution is -2.60. The molecule has 0 aromatic heterocycles. The molecule has 1 aliphatic rings. The van der Waals surface area contributed by atoms with E-state index in [1.807, 2.05) is 12.2 Å². The summed E-state index contributed by atoms with van der Waals surface area (Å²) < 4.78 is 21.6. The van der Waals surface area contributed by atoms with Crippen molar-refractivity contribution in [3.05, 3.63) is 72.9 Å². The van der Waals surface area contributed by atoms with Crippen molar-refractivity contribution in [2.75, 3.05) is 13.2 Å². The van der Waals surface area contributed by atoms with Crippen LogP contribution in [0.4, 0.5) is 0 Å². The Morgan fingerprint density at radius 2 is 1.05 bits per heavy atom. The van der Waals surface area contributed by atoms with Crippen LogP contribution in [0.3, 0.4) is 0 Å². The lowest BCUT2D eigenvalue weighted by atomic mass is 9.99. The molecule has 6 unspecified atom stereocenters. The zero-order chi connectivity index (χ0) is 41.8. The van der Waals surface area contributed by atoms with E-state index in [4.69, 9.17) is 18.9 Å². The van der Waals surface area contributed by atoms with E-state index in [1.165, 1.54) is 32.1 Å². The molecule has 1 rings (SSSR count). The number of aliphatic hydroxyl groups is 3. The van der Waals surface area contributed by atoms with Crippen LogP contribution in [0.25, 0.3) is 0 Å². The van der Waals surface area contributed by atoms with Crippen LogP contribution in [-0.2, 0) is 33.3 Å². The summed E-state index contributed by atoms with van der Waals surface area (Å²) in [6, 6.07) is 0. The molecule has 4 N–H and O–H groups in total. The van der Waals surface area contributed by atoms with Crippen LogP contribution < -0.4 is 0 Å². The smallest absolute Gasteiger partial charge is 0.335 e. The third kappa shape index (κ3) is 27.8. The first-order valence-electron chi connectivity index (χ1n) is 21.5. The Balaban J connectivity index is 2.45. The number of unbranched alkanes of at least 4 members (excludes halogenated alkanes) is 11. The largest absolute Gasteiger partial charge is 0.479 e. The van der Waals surface area contributed by atoms with Crippen LogP contribution in [0.1, 0.15) is 149 Å². The van der Waals surface area contributed by atoms with E-state index in [2.05, 4.69) is 74.6 Å². The van der Waals surface area contributed by atoms with Gasteiger partial charge in [-0.15, -0.1) is 0 Å². The maximum atomic E-state index is 12.7. The SMILES string of the molecule is CC/C=C\C/C=C\C/C=C\C/C=C\C/C=C\CCCC(=O)OCC(COC1OC(C(=O)O)C(O)C(O)C1O)OC(=O)CCCCCCC/C=C\CCCCCCC. The molecule has 0 radical (unpaired) electrons. The van der Waals surface area contributed by atoms with Crippen LogP contribution in [0.5, 0.6) is 0 Å². The minimum absolute atomic E-state index is 0.152. The maximum Gasteiger partial charge on any atom is 0.335 e. The molecule has 1 fully saturated rings. The van der Waals surface area contributed by atoms with Gasteiger partial charge in [-0.2, -0.15) is 0 Å². The first kappa shape index (κ1) is 51.7. The quantitative estimate of drug-likeness (QED) is 0.0278. The maximum absolute atomic E-state index is 12.7. The van der Waals surface area contributed by atoms with Gasteiger partial charge in [0.1, 0.15) is 24.9 Å². The lowest BCUT2D eigenvalue weighted by Gasteiger charge is -2.38. The van der Waals surface area contributed by atoms with Crippen molar-refractivity contribution in [1.29, 1.82) is 0 Å². The predicted molar refractivity (Wildman–Crippen MR) is 224 cm³/mol. The van der Waals surface area contributed by atoms with Crippen molar-refractivity contribution < 1.29 is 53.8 Å². The Hall–Kier alpha value is -3.35. The summed E-state index contributed by atoms with van der Waals surface area (Å²) in [6.07, 6.45) is 35.3. The number of esters is 2. The molecule has 1 heterocycles. The van der Waals surface area contributed by atoms with Crippen LogP contribution in [0.2, 0.25) is 0 Å². The summed E-state index contributed by atoms with van der Waals surface area (Å²) in [5.74, 6) is -2.54. The predicted octanol–water partition coefficient (Wildman–Crippen LogP) is 8.92. The molecular formula is C46H74O11. The van der Waals surface area contributed by atoms with Gasteiger partial charge in [-0.3, -0.25) is 9.59 Å². The standard InChI is InChI=1S/C46H74O11/c1-3-5-7-9-11-13-15-17-19-20-21-23-24-26-28-30-32-34-39(47)54-36-38(37-55-46-43(51)41(49)42(50)44(57-46)45(52)53)56-40(48)35-33-31-29-27-25-22-18-16-14-12-10-8-6-4-2/h5,7,11,13,16-19,21,23,26,28,38,41-44,46,49-51H,3-4,6,8-10,12,14-15,20,22,24-25,27,29-37H2,1-2H3,(H,52,53)/b7-5-,13-11-,18-16-,19-17-,23-21-,28-26-. The van der Waals surface area contributed by atoms with E-state index >= 15 is 0 Å². The fourth-order valence-electron chi connectivity index (χ4n) is 5.91. The number of carbonyl (C=O) groups excluding carboxylic acids is 2. The summed E-state index contributed by atoms with van der Waals surface area (Å²) in [6.45, 7) is 3.61. The van der Waals surface area contributed by atoms with Gasteiger partial charge >= 0.3 is 17.9 Å². The Kier molecular flexibility index (Phi) is 32.4. The van der Waals surface area contributed by atoms with Gasteiger partial charge in [0, 0.05) is 12.8 Å². The molecule has 0 aromatic carbocycles. The van der Waals surface area contributed by atoms with Crippen molar-refractivity contribution in [3.8, 4) is 0 Å². The van der Waals surface area contributed by atoms with E-state index in [-0.39, 0.29) is 19.4 Å². The molecule has 1 saturated heterocycles. The number of rotatable bonds is 34. The minimum atomic E-state index is -1.87. The van der Waals surface area contributed by atoms with Gasteiger partial charge in [-0.05, 0) is 77.0 Å². The number of carbonyl (C=O) groups is 3. The van der Waals surface area contributed by atoms with Crippen molar-refractivity contribution in [2.24, 2.45) is 0 Å². The average Bonchev–Trinajstić information content (AvgIpc) is 3.19.